The minimum Gasteiger partial charge on any atom is -0.445 e. The molecule has 0 bridgehead atoms. The lowest BCUT2D eigenvalue weighted by Crippen LogP contribution is -2.57. The minimum absolute atomic E-state index is 0.00137. The average molecular weight is 701 g/mol. The van der Waals surface area contributed by atoms with Gasteiger partial charge in [0.2, 0.25) is 17.7 Å². The van der Waals surface area contributed by atoms with E-state index in [9.17, 15) is 29.1 Å². The molecule has 2 fully saturated rings. The molecule has 0 radical (unpaired) electrons. The number of nitrogens with zero attached hydrogens (tertiary/aromatic N) is 4. The van der Waals surface area contributed by atoms with Gasteiger partial charge in [-0.25, -0.2) is 9.59 Å². The lowest BCUT2D eigenvalue weighted by atomic mass is 9.84. The van der Waals surface area contributed by atoms with E-state index in [1.54, 1.807) is 20.8 Å². The number of hydrogen-bond donors (Lipinski definition) is 5. The first kappa shape index (κ1) is 39.9. The minimum atomic E-state index is -1.73. The second kappa shape index (κ2) is 19.6. The Kier molecular flexibility index (Phi) is 15.6. The molecule has 1 aliphatic heterocycles. The van der Waals surface area contributed by atoms with Gasteiger partial charge in [0.15, 0.2) is 6.10 Å². The molecular weight excluding hydrogens is 648 g/mol. The summed E-state index contributed by atoms with van der Waals surface area (Å²) in [6.45, 7) is 5.44. The standard InChI is InChI=1S/C34H52N8O8/c1-34(2,3)50-33(48)39-26(18-22-12-6-4-7-13-22)31(46)42-20-24(40-41-36)19-27(42)30(45)38-25(28(43)29(35)44)16-10-11-17-37-32(47)49-21-23-14-8-5-9-15-23/h5,8-9,14-15,22,24-28,43H,4,6-7,10-13,16-21H2,1-3H3,(H2,35,44)(H,37,47)(H,38,45)(H,39,48)/t24-,25?,26+,27-,28?/m0/s1. The van der Waals surface area contributed by atoms with Gasteiger partial charge in [-0.2, -0.15) is 0 Å². The zero-order valence-electron chi connectivity index (χ0n) is 29.2. The highest BCUT2D eigenvalue weighted by atomic mass is 16.6. The maximum atomic E-state index is 14.1. The molecule has 6 N–H and O–H groups in total. The van der Waals surface area contributed by atoms with Crippen molar-refractivity contribution < 1.29 is 38.6 Å². The largest absolute Gasteiger partial charge is 0.445 e. The van der Waals surface area contributed by atoms with Gasteiger partial charge in [0, 0.05) is 18.0 Å². The molecule has 1 aliphatic carbocycles. The highest BCUT2D eigenvalue weighted by Gasteiger charge is 2.43. The number of carbonyl (C=O) groups is 5. The van der Waals surface area contributed by atoms with E-state index in [0.29, 0.717) is 19.3 Å². The summed E-state index contributed by atoms with van der Waals surface area (Å²) in [5.41, 5.74) is 14.6. The molecule has 16 heteroatoms. The van der Waals surface area contributed by atoms with Crippen molar-refractivity contribution >= 4 is 29.9 Å². The third kappa shape index (κ3) is 13.4. The Labute approximate surface area is 292 Å². The zero-order valence-corrected chi connectivity index (χ0v) is 29.2. The molecule has 16 nitrogen and oxygen atoms in total. The topological polar surface area (TPSA) is 238 Å². The van der Waals surface area contributed by atoms with Crippen LogP contribution in [0.3, 0.4) is 0 Å². The molecular formula is C34H52N8O8. The first-order valence-electron chi connectivity index (χ1n) is 17.3. The molecule has 2 aliphatic rings. The fourth-order valence-corrected chi connectivity index (χ4v) is 6.33. The normalized spacial score (nSPS) is 19.6. The molecule has 1 saturated heterocycles. The van der Waals surface area contributed by atoms with Gasteiger partial charge in [-0.15, -0.1) is 0 Å². The van der Waals surface area contributed by atoms with E-state index in [1.807, 2.05) is 30.3 Å². The number of primary amides is 1. The zero-order chi connectivity index (χ0) is 36.7. The number of nitrogens with two attached hydrogens (primary N) is 1. The van der Waals surface area contributed by atoms with Crippen molar-refractivity contribution in [1.29, 1.82) is 0 Å². The summed E-state index contributed by atoms with van der Waals surface area (Å²) in [6, 6.07) is 5.28. The number of alkyl carbamates (subject to hydrolysis) is 2. The molecule has 0 aromatic heterocycles. The maximum Gasteiger partial charge on any atom is 0.408 e. The number of likely N-dealkylation sites (tertiary alicyclic amines) is 1. The van der Waals surface area contributed by atoms with Crippen LogP contribution in [0.1, 0.15) is 90.5 Å². The summed E-state index contributed by atoms with van der Waals surface area (Å²) in [7, 11) is 0. The van der Waals surface area contributed by atoms with E-state index in [4.69, 9.17) is 20.7 Å². The fraction of sp³-hybridized carbons (Fsp3) is 0.676. The Bertz CT molecular complexity index is 1340. The van der Waals surface area contributed by atoms with Crippen LogP contribution in [-0.4, -0.2) is 88.9 Å². The van der Waals surface area contributed by atoms with Gasteiger partial charge < -0.3 is 41.2 Å². The van der Waals surface area contributed by atoms with E-state index in [2.05, 4.69) is 26.0 Å². The fourth-order valence-electron chi connectivity index (χ4n) is 6.33. The van der Waals surface area contributed by atoms with Crippen molar-refractivity contribution in [2.24, 2.45) is 16.8 Å². The molecule has 1 aromatic rings. The molecule has 276 valence electrons. The summed E-state index contributed by atoms with van der Waals surface area (Å²) in [5.74, 6) is -2.05. The Morgan fingerprint density at radius 2 is 1.76 bits per heavy atom. The number of ether oxygens (including phenoxy) is 2. The highest BCUT2D eigenvalue weighted by molar-refractivity contribution is 5.92. The van der Waals surface area contributed by atoms with Crippen LogP contribution < -0.4 is 21.7 Å². The number of rotatable bonds is 16. The maximum absolute atomic E-state index is 14.1. The number of benzene rings is 1. The van der Waals surface area contributed by atoms with Crippen LogP contribution in [0, 0.1) is 5.92 Å². The summed E-state index contributed by atoms with van der Waals surface area (Å²) < 4.78 is 10.6. The van der Waals surface area contributed by atoms with Crippen molar-refractivity contribution in [2.75, 3.05) is 13.1 Å². The molecule has 1 saturated carbocycles. The van der Waals surface area contributed by atoms with Gasteiger partial charge in [0.05, 0.1) is 12.1 Å². The first-order valence-corrected chi connectivity index (χ1v) is 17.3. The summed E-state index contributed by atoms with van der Waals surface area (Å²) in [4.78, 5) is 68.9. The van der Waals surface area contributed by atoms with Crippen molar-refractivity contribution in [3.05, 3.63) is 46.3 Å². The van der Waals surface area contributed by atoms with Crippen LogP contribution in [0.4, 0.5) is 9.59 Å². The summed E-state index contributed by atoms with van der Waals surface area (Å²) in [5, 5.41) is 22.4. The van der Waals surface area contributed by atoms with E-state index in [1.165, 1.54) is 4.90 Å². The van der Waals surface area contributed by atoms with Gasteiger partial charge in [0.25, 0.3) is 0 Å². The number of nitrogens with one attached hydrogen (secondary N) is 3. The van der Waals surface area contributed by atoms with E-state index >= 15 is 0 Å². The van der Waals surface area contributed by atoms with Crippen LogP contribution in [0.15, 0.2) is 35.4 Å². The van der Waals surface area contributed by atoms with Gasteiger partial charge in [-0.05, 0) is 69.9 Å². The van der Waals surface area contributed by atoms with E-state index < -0.39 is 65.8 Å². The van der Waals surface area contributed by atoms with E-state index in [-0.39, 0.29) is 38.5 Å². The quantitative estimate of drug-likeness (QED) is 0.0738. The average Bonchev–Trinajstić information content (AvgIpc) is 3.50. The molecule has 0 spiro atoms. The summed E-state index contributed by atoms with van der Waals surface area (Å²) in [6.07, 6.45) is 3.16. The van der Waals surface area contributed by atoms with Gasteiger partial charge in [0.1, 0.15) is 24.3 Å². The van der Waals surface area contributed by atoms with Crippen molar-refractivity contribution in [3.8, 4) is 0 Å². The SMILES string of the molecule is CC(C)(C)OC(=O)N[C@H](CC1CCCCC1)C(=O)N1C[C@@H](N=[N+]=[N-])C[C@H]1C(=O)NC(CCCCNC(=O)OCc1ccccc1)C(O)C(N)=O. The molecule has 50 heavy (non-hydrogen) atoms. The second-order valence-electron chi connectivity index (χ2n) is 14.0. The first-order chi connectivity index (χ1) is 23.8. The second-order valence-corrected chi connectivity index (χ2v) is 14.0. The van der Waals surface area contributed by atoms with E-state index in [0.717, 1.165) is 37.7 Å². The number of azide groups is 1. The summed E-state index contributed by atoms with van der Waals surface area (Å²) >= 11 is 0. The molecule has 3 rings (SSSR count). The van der Waals surface area contributed by atoms with Crippen LogP contribution >= 0.6 is 0 Å². The Hall–Kier alpha value is -4.56. The van der Waals surface area contributed by atoms with Gasteiger partial charge in [-0.1, -0.05) is 67.6 Å². The smallest absolute Gasteiger partial charge is 0.408 e. The predicted molar refractivity (Wildman–Crippen MR) is 183 cm³/mol. The van der Waals surface area contributed by atoms with Crippen molar-refractivity contribution in [1.82, 2.24) is 20.9 Å². The third-order valence-corrected chi connectivity index (χ3v) is 8.79. The lowest BCUT2D eigenvalue weighted by molar-refractivity contribution is -0.141. The molecule has 2 unspecified atom stereocenters. The number of unbranched alkanes of at least 4 members (excludes halogenated alkanes) is 1. The molecule has 5 amide bonds. The monoisotopic (exact) mass is 700 g/mol. The van der Waals surface area contributed by atoms with Gasteiger partial charge >= 0.3 is 12.2 Å². The number of carbonyl (C=O) groups excluding carboxylic acids is 5. The predicted octanol–water partition coefficient (Wildman–Crippen LogP) is 3.56. The molecule has 1 aromatic carbocycles. The van der Waals surface area contributed by atoms with Crippen LogP contribution in [0.2, 0.25) is 0 Å². The number of aliphatic hydroxyl groups excluding tert-OH is 1. The van der Waals surface area contributed by atoms with Crippen molar-refractivity contribution in [2.45, 2.75) is 127 Å². The van der Waals surface area contributed by atoms with Crippen LogP contribution in [0.25, 0.3) is 10.4 Å². The van der Waals surface area contributed by atoms with Crippen LogP contribution in [0.5, 0.6) is 0 Å². The highest BCUT2D eigenvalue weighted by Crippen LogP contribution is 2.30. The third-order valence-electron chi connectivity index (χ3n) is 8.79. The van der Waals surface area contributed by atoms with Gasteiger partial charge in [-0.3, -0.25) is 14.4 Å². The van der Waals surface area contributed by atoms with Crippen LogP contribution in [-0.2, 0) is 30.5 Å². The lowest BCUT2D eigenvalue weighted by Gasteiger charge is -2.33. The van der Waals surface area contributed by atoms with Crippen molar-refractivity contribution in [3.63, 3.8) is 0 Å². The Morgan fingerprint density at radius 3 is 2.40 bits per heavy atom. The molecule has 1 heterocycles. The number of hydrogen-bond acceptors (Lipinski definition) is 9. The number of amides is 5. The molecule has 5 atom stereocenters. The Balaban J connectivity index is 1.66. The number of aliphatic hydroxyl groups is 1. The Morgan fingerprint density at radius 1 is 1.06 bits per heavy atom.